The average Bonchev–Trinajstić information content (AvgIpc) is 2.35. The number of nitrogens with two attached hydrogens (primary N) is 1. The number of hydrogen-bond donors (Lipinski definition) is 1. The molecular weight excluding hydrogens is 294 g/mol. The van der Waals surface area contributed by atoms with Gasteiger partial charge in [-0.05, 0) is 34.5 Å². The van der Waals surface area contributed by atoms with Gasteiger partial charge in [0.1, 0.15) is 12.1 Å². The fraction of sp³-hybridized carbons (Fsp3) is 0.231. The SMILES string of the molecule is CCCc1cc(Oc2cc(N)ccc2Br)ncn1. The third-order valence-corrected chi connectivity index (χ3v) is 3.03. The van der Waals surface area contributed by atoms with Crippen molar-refractivity contribution in [3.05, 3.63) is 40.8 Å². The minimum absolute atomic E-state index is 0.528. The van der Waals surface area contributed by atoms with Crippen molar-refractivity contribution < 1.29 is 4.74 Å². The number of halogens is 1. The van der Waals surface area contributed by atoms with Gasteiger partial charge in [-0.25, -0.2) is 9.97 Å². The molecule has 1 heterocycles. The molecule has 0 atom stereocenters. The molecule has 0 unspecified atom stereocenters. The van der Waals surface area contributed by atoms with E-state index >= 15 is 0 Å². The van der Waals surface area contributed by atoms with Crippen LogP contribution >= 0.6 is 15.9 Å². The summed E-state index contributed by atoms with van der Waals surface area (Å²) in [7, 11) is 0. The standard InChI is InChI=1S/C13H14BrN3O/c1-2-3-10-7-13(17-8-16-10)18-12-6-9(15)4-5-11(12)14/h4-8H,2-3,15H2,1H3. The molecule has 0 bridgehead atoms. The molecule has 0 saturated heterocycles. The highest BCUT2D eigenvalue weighted by Gasteiger charge is 2.05. The molecule has 0 saturated carbocycles. The molecule has 2 aromatic rings. The summed E-state index contributed by atoms with van der Waals surface area (Å²) in [6.07, 6.45) is 3.47. The molecule has 0 radical (unpaired) electrons. The van der Waals surface area contributed by atoms with E-state index < -0.39 is 0 Å². The second kappa shape index (κ2) is 5.82. The number of aryl methyl sites for hydroxylation is 1. The lowest BCUT2D eigenvalue weighted by atomic mass is 10.2. The van der Waals surface area contributed by atoms with Crippen molar-refractivity contribution in [2.45, 2.75) is 19.8 Å². The number of nitrogen functional groups attached to an aromatic ring is 1. The molecule has 0 amide bonds. The Balaban J connectivity index is 2.22. The third kappa shape index (κ3) is 3.20. The Morgan fingerprint density at radius 3 is 2.89 bits per heavy atom. The predicted molar refractivity (Wildman–Crippen MR) is 74.7 cm³/mol. The van der Waals surface area contributed by atoms with Crippen LogP contribution < -0.4 is 10.5 Å². The summed E-state index contributed by atoms with van der Waals surface area (Å²) in [5.74, 6) is 1.18. The molecule has 0 aliphatic heterocycles. The van der Waals surface area contributed by atoms with Crippen LogP contribution in [0.4, 0.5) is 5.69 Å². The Bertz CT molecular complexity index is 546. The molecule has 0 spiro atoms. The van der Waals surface area contributed by atoms with Crippen molar-refractivity contribution in [1.29, 1.82) is 0 Å². The molecule has 5 heteroatoms. The van der Waals surface area contributed by atoms with Gasteiger partial charge in [-0.15, -0.1) is 0 Å². The van der Waals surface area contributed by atoms with E-state index in [4.69, 9.17) is 10.5 Å². The lowest BCUT2D eigenvalue weighted by Crippen LogP contribution is -1.95. The maximum absolute atomic E-state index is 5.73. The monoisotopic (exact) mass is 307 g/mol. The first-order valence-corrected chi connectivity index (χ1v) is 6.52. The maximum Gasteiger partial charge on any atom is 0.222 e. The summed E-state index contributed by atoms with van der Waals surface area (Å²) in [6, 6.07) is 7.25. The van der Waals surface area contributed by atoms with E-state index in [1.807, 2.05) is 12.1 Å². The molecular formula is C13H14BrN3O. The van der Waals surface area contributed by atoms with Crippen LogP contribution in [0.25, 0.3) is 0 Å². The molecule has 0 aliphatic carbocycles. The molecule has 18 heavy (non-hydrogen) atoms. The first-order valence-electron chi connectivity index (χ1n) is 5.73. The molecule has 2 N–H and O–H groups in total. The highest BCUT2D eigenvalue weighted by molar-refractivity contribution is 9.10. The van der Waals surface area contributed by atoms with Gasteiger partial charge in [0.25, 0.3) is 0 Å². The zero-order chi connectivity index (χ0) is 13.0. The van der Waals surface area contributed by atoms with Crippen LogP contribution in [0, 0.1) is 0 Å². The Morgan fingerprint density at radius 2 is 2.11 bits per heavy atom. The van der Waals surface area contributed by atoms with Crippen molar-refractivity contribution in [3.63, 3.8) is 0 Å². The van der Waals surface area contributed by atoms with Crippen LogP contribution in [-0.2, 0) is 6.42 Å². The van der Waals surface area contributed by atoms with Crippen molar-refractivity contribution in [2.75, 3.05) is 5.73 Å². The highest BCUT2D eigenvalue weighted by atomic mass is 79.9. The van der Waals surface area contributed by atoms with E-state index in [0.29, 0.717) is 17.3 Å². The fourth-order valence-corrected chi connectivity index (χ4v) is 1.86. The second-order valence-electron chi connectivity index (χ2n) is 3.89. The summed E-state index contributed by atoms with van der Waals surface area (Å²) in [6.45, 7) is 2.11. The van der Waals surface area contributed by atoms with Crippen LogP contribution in [0.2, 0.25) is 0 Å². The van der Waals surface area contributed by atoms with Crippen LogP contribution in [0.1, 0.15) is 19.0 Å². The summed E-state index contributed by atoms with van der Waals surface area (Å²) >= 11 is 3.41. The smallest absolute Gasteiger partial charge is 0.222 e. The maximum atomic E-state index is 5.73. The van der Waals surface area contributed by atoms with E-state index in [9.17, 15) is 0 Å². The fourth-order valence-electron chi connectivity index (χ4n) is 1.54. The van der Waals surface area contributed by atoms with Gasteiger partial charge in [-0.3, -0.25) is 0 Å². The molecule has 1 aromatic carbocycles. The van der Waals surface area contributed by atoms with Crippen molar-refractivity contribution in [3.8, 4) is 11.6 Å². The topological polar surface area (TPSA) is 61.0 Å². The zero-order valence-electron chi connectivity index (χ0n) is 10.1. The van der Waals surface area contributed by atoms with Gasteiger partial charge >= 0.3 is 0 Å². The van der Waals surface area contributed by atoms with Gasteiger partial charge in [0.2, 0.25) is 5.88 Å². The molecule has 4 nitrogen and oxygen atoms in total. The number of ether oxygens (including phenoxy) is 1. The molecule has 0 aliphatic rings. The molecule has 94 valence electrons. The van der Waals surface area contributed by atoms with Gasteiger partial charge in [-0.2, -0.15) is 0 Å². The first kappa shape index (κ1) is 12.8. The Labute approximate surface area is 114 Å². The van der Waals surface area contributed by atoms with Crippen LogP contribution in [-0.4, -0.2) is 9.97 Å². The van der Waals surface area contributed by atoms with Crippen LogP contribution in [0.5, 0.6) is 11.6 Å². The minimum atomic E-state index is 0.528. The number of aromatic nitrogens is 2. The van der Waals surface area contributed by atoms with Gasteiger partial charge < -0.3 is 10.5 Å². The zero-order valence-corrected chi connectivity index (χ0v) is 11.6. The summed E-state index contributed by atoms with van der Waals surface area (Å²) in [5.41, 5.74) is 7.35. The normalized spacial score (nSPS) is 10.3. The van der Waals surface area contributed by atoms with Crippen molar-refractivity contribution >= 4 is 21.6 Å². The highest BCUT2D eigenvalue weighted by Crippen LogP contribution is 2.30. The van der Waals surface area contributed by atoms with Crippen LogP contribution in [0.3, 0.4) is 0 Å². The van der Waals surface area contributed by atoms with Gasteiger partial charge in [-0.1, -0.05) is 13.3 Å². The largest absolute Gasteiger partial charge is 0.438 e. The third-order valence-electron chi connectivity index (χ3n) is 2.37. The Hall–Kier alpha value is -1.62. The number of nitrogens with zero attached hydrogens (tertiary/aromatic N) is 2. The first-order chi connectivity index (χ1) is 8.69. The van der Waals surface area contributed by atoms with Gasteiger partial charge in [0.15, 0.2) is 0 Å². The Morgan fingerprint density at radius 1 is 1.28 bits per heavy atom. The molecule has 2 rings (SSSR count). The summed E-state index contributed by atoms with van der Waals surface area (Å²) in [4.78, 5) is 8.28. The van der Waals surface area contributed by atoms with E-state index in [2.05, 4.69) is 32.8 Å². The van der Waals surface area contributed by atoms with E-state index in [1.165, 1.54) is 6.33 Å². The van der Waals surface area contributed by atoms with E-state index in [1.54, 1.807) is 12.1 Å². The quantitative estimate of drug-likeness (QED) is 0.877. The lowest BCUT2D eigenvalue weighted by molar-refractivity contribution is 0.457. The number of anilines is 1. The van der Waals surface area contributed by atoms with E-state index in [-0.39, 0.29) is 0 Å². The minimum Gasteiger partial charge on any atom is -0.438 e. The van der Waals surface area contributed by atoms with Crippen molar-refractivity contribution in [1.82, 2.24) is 9.97 Å². The lowest BCUT2D eigenvalue weighted by Gasteiger charge is -2.08. The van der Waals surface area contributed by atoms with Crippen molar-refractivity contribution in [2.24, 2.45) is 0 Å². The second-order valence-corrected chi connectivity index (χ2v) is 4.74. The molecule has 1 aromatic heterocycles. The van der Waals surface area contributed by atoms with Crippen LogP contribution in [0.15, 0.2) is 35.1 Å². The Kier molecular flexibility index (Phi) is 4.15. The average molecular weight is 308 g/mol. The van der Waals surface area contributed by atoms with E-state index in [0.717, 1.165) is 23.0 Å². The number of benzene rings is 1. The summed E-state index contributed by atoms with van der Waals surface area (Å²) < 4.78 is 6.54. The van der Waals surface area contributed by atoms with Gasteiger partial charge in [0.05, 0.1) is 4.47 Å². The number of rotatable bonds is 4. The molecule has 0 fully saturated rings. The summed E-state index contributed by atoms with van der Waals surface area (Å²) in [5, 5.41) is 0. The predicted octanol–water partition coefficient (Wildman–Crippen LogP) is 3.57. The van der Waals surface area contributed by atoms with Gasteiger partial charge in [0, 0.05) is 23.5 Å². The number of hydrogen-bond acceptors (Lipinski definition) is 4.